The van der Waals surface area contributed by atoms with Crippen LogP contribution in [-0.2, 0) is 33.8 Å². The van der Waals surface area contributed by atoms with Crippen LogP contribution in [0.1, 0.15) is 53.8 Å². The van der Waals surface area contributed by atoms with Gasteiger partial charge in [0, 0.05) is 32.2 Å². The molecule has 1 fully saturated rings. The Kier molecular flexibility index (Phi) is 7.14. The third kappa shape index (κ3) is 5.12. The number of imidazole rings is 1. The minimum Gasteiger partial charge on any atom is -0.375 e. The molecular weight excluding hydrogens is 418 g/mol. The van der Waals surface area contributed by atoms with Crippen LogP contribution in [-0.4, -0.2) is 58.1 Å². The number of rotatable bonds is 6. The van der Waals surface area contributed by atoms with Crippen molar-refractivity contribution in [2.75, 3.05) is 13.7 Å². The SMILES string of the molecule is COCC(=O)N1Cc2c(ncn2Cc2cc(C)ccc2C)CC1C(=O)NC1CCCCC1N. The van der Waals surface area contributed by atoms with Crippen LogP contribution in [0.3, 0.4) is 0 Å². The number of hydrogen-bond donors (Lipinski definition) is 2. The molecule has 8 heteroatoms. The van der Waals surface area contributed by atoms with Crippen LogP contribution in [0.15, 0.2) is 24.5 Å². The molecule has 0 spiro atoms. The Bertz CT molecular complexity index is 1020. The van der Waals surface area contributed by atoms with Crippen LogP contribution in [0.2, 0.25) is 0 Å². The number of aryl methyl sites for hydroxylation is 2. The van der Waals surface area contributed by atoms with E-state index in [4.69, 9.17) is 10.5 Å². The van der Waals surface area contributed by atoms with E-state index in [0.717, 1.165) is 37.1 Å². The van der Waals surface area contributed by atoms with Crippen molar-refractivity contribution >= 4 is 11.8 Å². The lowest BCUT2D eigenvalue weighted by Gasteiger charge is -2.37. The van der Waals surface area contributed by atoms with E-state index in [-0.39, 0.29) is 30.5 Å². The number of aromatic nitrogens is 2. The van der Waals surface area contributed by atoms with E-state index in [9.17, 15) is 9.59 Å². The maximum atomic E-state index is 13.3. The van der Waals surface area contributed by atoms with E-state index in [1.807, 2.05) is 6.33 Å². The summed E-state index contributed by atoms with van der Waals surface area (Å²) in [6.07, 6.45) is 6.15. The summed E-state index contributed by atoms with van der Waals surface area (Å²) in [4.78, 5) is 32.5. The molecule has 1 aromatic carbocycles. The number of nitrogens with one attached hydrogen (secondary N) is 1. The second-order valence-electron chi connectivity index (χ2n) is 9.43. The summed E-state index contributed by atoms with van der Waals surface area (Å²) < 4.78 is 7.20. The highest BCUT2D eigenvalue weighted by atomic mass is 16.5. The van der Waals surface area contributed by atoms with E-state index >= 15 is 0 Å². The highest BCUT2D eigenvalue weighted by Crippen LogP contribution is 2.26. The van der Waals surface area contributed by atoms with Crippen molar-refractivity contribution in [2.24, 2.45) is 5.73 Å². The van der Waals surface area contributed by atoms with Crippen LogP contribution in [0.4, 0.5) is 0 Å². The second-order valence-corrected chi connectivity index (χ2v) is 9.43. The number of nitrogens with zero attached hydrogens (tertiary/aromatic N) is 3. The molecule has 2 aromatic rings. The first-order valence-electron chi connectivity index (χ1n) is 11.8. The number of amides is 2. The van der Waals surface area contributed by atoms with Crippen LogP contribution < -0.4 is 11.1 Å². The lowest BCUT2D eigenvalue weighted by Crippen LogP contribution is -2.58. The predicted octanol–water partition coefficient (Wildman–Crippen LogP) is 1.83. The number of benzene rings is 1. The Balaban J connectivity index is 1.57. The first-order valence-corrected chi connectivity index (χ1v) is 11.8. The average molecular weight is 454 g/mol. The fraction of sp³-hybridized carbons (Fsp3) is 0.560. The zero-order valence-corrected chi connectivity index (χ0v) is 19.8. The lowest BCUT2D eigenvalue weighted by atomic mass is 9.90. The molecule has 1 aliphatic heterocycles. The van der Waals surface area contributed by atoms with Gasteiger partial charge in [-0.15, -0.1) is 0 Å². The van der Waals surface area contributed by atoms with E-state index < -0.39 is 6.04 Å². The highest BCUT2D eigenvalue weighted by molar-refractivity contribution is 5.89. The number of hydrogen-bond acceptors (Lipinski definition) is 5. The Morgan fingerprint density at radius 3 is 2.79 bits per heavy atom. The minimum atomic E-state index is -0.613. The number of carbonyl (C=O) groups excluding carboxylic acids is 2. The zero-order chi connectivity index (χ0) is 23.5. The molecule has 178 valence electrons. The zero-order valence-electron chi connectivity index (χ0n) is 19.8. The molecule has 3 N–H and O–H groups in total. The quantitative estimate of drug-likeness (QED) is 0.695. The normalized spacial score (nSPS) is 22.7. The molecule has 1 aliphatic carbocycles. The molecule has 2 heterocycles. The average Bonchev–Trinajstić information content (AvgIpc) is 3.19. The summed E-state index contributed by atoms with van der Waals surface area (Å²) in [5.41, 5.74) is 11.7. The standard InChI is InChI=1S/C25H35N5O3/c1-16-8-9-17(2)18(10-16)12-29-15-27-21-11-22(30(13-23(21)29)24(31)14-33-3)25(32)28-20-7-5-4-6-19(20)26/h8-10,15,19-20,22H,4-7,11-14,26H2,1-3H3,(H,28,32). The maximum absolute atomic E-state index is 13.3. The van der Waals surface area contributed by atoms with Gasteiger partial charge in [0.2, 0.25) is 11.8 Å². The van der Waals surface area contributed by atoms with Gasteiger partial charge in [0.05, 0.1) is 24.3 Å². The summed E-state index contributed by atoms with van der Waals surface area (Å²) in [6, 6.07) is 5.71. The topological polar surface area (TPSA) is 102 Å². The van der Waals surface area contributed by atoms with Crippen molar-refractivity contribution in [1.29, 1.82) is 0 Å². The summed E-state index contributed by atoms with van der Waals surface area (Å²) in [5.74, 6) is -0.354. The van der Waals surface area contributed by atoms with Gasteiger partial charge in [0.1, 0.15) is 12.6 Å². The van der Waals surface area contributed by atoms with Crippen LogP contribution >= 0.6 is 0 Å². The van der Waals surface area contributed by atoms with Gasteiger partial charge in [-0.25, -0.2) is 4.98 Å². The van der Waals surface area contributed by atoms with Gasteiger partial charge >= 0.3 is 0 Å². The molecule has 2 aliphatic rings. The van der Waals surface area contributed by atoms with Crippen molar-refractivity contribution in [3.05, 3.63) is 52.6 Å². The van der Waals surface area contributed by atoms with Crippen LogP contribution in [0.25, 0.3) is 0 Å². The maximum Gasteiger partial charge on any atom is 0.249 e. The Hall–Kier alpha value is -2.71. The number of ether oxygens (including phenoxy) is 1. The number of methoxy groups -OCH3 is 1. The Morgan fingerprint density at radius 2 is 2.03 bits per heavy atom. The third-order valence-electron chi connectivity index (χ3n) is 7.00. The molecule has 0 radical (unpaired) electrons. The molecule has 33 heavy (non-hydrogen) atoms. The summed E-state index contributed by atoms with van der Waals surface area (Å²) in [5, 5.41) is 3.12. The van der Waals surface area contributed by atoms with Gasteiger partial charge in [-0.1, -0.05) is 36.6 Å². The second kappa shape index (κ2) is 10.1. The molecule has 2 amide bonds. The molecule has 0 bridgehead atoms. The minimum absolute atomic E-state index is 0.0400. The Morgan fingerprint density at radius 1 is 1.24 bits per heavy atom. The molecule has 3 atom stereocenters. The summed E-state index contributed by atoms with van der Waals surface area (Å²) in [7, 11) is 1.49. The third-order valence-corrected chi connectivity index (χ3v) is 7.00. The lowest BCUT2D eigenvalue weighted by molar-refractivity contribution is -0.145. The summed E-state index contributed by atoms with van der Waals surface area (Å²) >= 11 is 0. The van der Waals surface area contributed by atoms with Crippen molar-refractivity contribution in [1.82, 2.24) is 19.8 Å². The van der Waals surface area contributed by atoms with E-state index in [2.05, 4.69) is 46.9 Å². The van der Waals surface area contributed by atoms with Gasteiger partial charge in [-0.3, -0.25) is 9.59 Å². The smallest absolute Gasteiger partial charge is 0.249 e. The first-order chi connectivity index (χ1) is 15.9. The number of nitrogens with two attached hydrogens (primary N) is 1. The molecule has 1 aromatic heterocycles. The molecular formula is C25H35N5O3. The van der Waals surface area contributed by atoms with Gasteiger partial charge in [-0.2, -0.15) is 0 Å². The number of fused-ring (bicyclic) bond motifs is 1. The van der Waals surface area contributed by atoms with Crippen LogP contribution in [0.5, 0.6) is 0 Å². The van der Waals surface area contributed by atoms with Crippen molar-refractivity contribution in [3.63, 3.8) is 0 Å². The molecule has 3 unspecified atom stereocenters. The van der Waals surface area contributed by atoms with Gasteiger partial charge < -0.3 is 25.3 Å². The van der Waals surface area contributed by atoms with Gasteiger partial charge in [0.15, 0.2) is 0 Å². The predicted molar refractivity (Wildman–Crippen MR) is 126 cm³/mol. The summed E-state index contributed by atoms with van der Waals surface area (Å²) in [6.45, 7) is 5.13. The van der Waals surface area contributed by atoms with Crippen molar-refractivity contribution in [3.8, 4) is 0 Å². The fourth-order valence-electron chi connectivity index (χ4n) is 4.98. The number of carbonyl (C=O) groups is 2. The van der Waals surface area contributed by atoms with Crippen molar-refractivity contribution < 1.29 is 14.3 Å². The molecule has 8 nitrogen and oxygen atoms in total. The fourth-order valence-corrected chi connectivity index (χ4v) is 4.98. The van der Waals surface area contributed by atoms with Gasteiger partial charge in [0.25, 0.3) is 0 Å². The van der Waals surface area contributed by atoms with Crippen LogP contribution in [0, 0.1) is 13.8 Å². The highest BCUT2D eigenvalue weighted by Gasteiger charge is 2.38. The first kappa shape index (κ1) is 23.4. The molecule has 1 saturated carbocycles. The van der Waals surface area contributed by atoms with E-state index in [1.54, 1.807) is 4.90 Å². The van der Waals surface area contributed by atoms with E-state index in [0.29, 0.717) is 19.5 Å². The van der Waals surface area contributed by atoms with Crippen molar-refractivity contribution in [2.45, 2.75) is 77.2 Å². The molecule has 4 rings (SSSR count). The van der Waals surface area contributed by atoms with Gasteiger partial charge in [-0.05, 0) is 37.8 Å². The Labute approximate surface area is 195 Å². The van der Waals surface area contributed by atoms with E-state index in [1.165, 1.54) is 23.8 Å². The molecule has 0 saturated heterocycles. The largest absolute Gasteiger partial charge is 0.375 e. The monoisotopic (exact) mass is 453 g/mol.